The third kappa shape index (κ3) is 4.32. The van der Waals surface area contributed by atoms with Gasteiger partial charge in [-0.2, -0.15) is 0 Å². The zero-order chi connectivity index (χ0) is 15.6. The van der Waals surface area contributed by atoms with Crippen LogP contribution in [0.15, 0.2) is 21.5 Å². The minimum Gasteiger partial charge on any atom is -0.459 e. The van der Waals surface area contributed by atoms with E-state index in [4.69, 9.17) is 31.8 Å². The van der Waals surface area contributed by atoms with E-state index in [-0.39, 0.29) is 21.6 Å². The summed E-state index contributed by atoms with van der Waals surface area (Å²) in [6, 6.07) is 2.63. The smallest absolute Gasteiger partial charge is 0.340 e. The van der Waals surface area contributed by atoms with Crippen LogP contribution in [-0.4, -0.2) is 33.7 Å². The predicted octanol–water partition coefficient (Wildman–Crippen LogP) is 3.37. The van der Waals surface area contributed by atoms with Crippen LogP contribution in [0.2, 0.25) is 5.02 Å². The number of hydrogen-bond donors (Lipinski definition) is 0. The Labute approximate surface area is 140 Å². The Morgan fingerprint density at radius 1 is 1.33 bits per heavy atom. The standard InChI is InChI=1S/C12H11BrCl2O5S/c13-7-5-9(11(14)10(6-7)21(15,17)18)12(16)20-8-1-3-19-4-2-8/h5-6,8H,1-4H2. The molecular formula is C12H11BrCl2O5S. The van der Waals surface area contributed by atoms with Gasteiger partial charge in [-0.05, 0) is 12.1 Å². The second-order valence-electron chi connectivity index (χ2n) is 4.42. The lowest BCUT2D eigenvalue weighted by molar-refractivity contribution is -0.0159. The molecule has 116 valence electrons. The summed E-state index contributed by atoms with van der Waals surface area (Å²) in [5.41, 5.74) is -0.0447. The largest absolute Gasteiger partial charge is 0.459 e. The van der Waals surface area contributed by atoms with E-state index in [1.54, 1.807) is 0 Å². The lowest BCUT2D eigenvalue weighted by Gasteiger charge is -2.22. The first kappa shape index (κ1) is 17.0. The summed E-state index contributed by atoms with van der Waals surface area (Å²) >= 11 is 9.09. The second-order valence-corrected chi connectivity index (χ2v) is 8.25. The Bertz CT molecular complexity index is 656. The molecule has 1 aliphatic rings. The number of ether oxygens (including phenoxy) is 2. The summed E-state index contributed by atoms with van der Waals surface area (Å²) in [6.45, 7) is 1.04. The van der Waals surface area contributed by atoms with Crippen molar-refractivity contribution in [2.75, 3.05) is 13.2 Å². The third-order valence-electron chi connectivity index (χ3n) is 2.93. The van der Waals surface area contributed by atoms with E-state index in [9.17, 15) is 13.2 Å². The van der Waals surface area contributed by atoms with Crippen LogP contribution in [0.25, 0.3) is 0 Å². The molecule has 1 aromatic rings. The van der Waals surface area contributed by atoms with Crippen molar-refractivity contribution in [1.82, 2.24) is 0 Å². The van der Waals surface area contributed by atoms with E-state index < -0.39 is 15.0 Å². The molecule has 0 radical (unpaired) electrons. The number of benzene rings is 1. The van der Waals surface area contributed by atoms with Crippen molar-refractivity contribution in [1.29, 1.82) is 0 Å². The summed E-state index contributed by atoms with van der Waals surface area (Å²) < 4.78 is 33.8. The highest BCUT2D eigenvalue weighted by atomic mass is 79.9. The van der Waals surface area contributed by atoms with Gasteiger partial charge in [0.2, 0.25) is 0 Å². The van der Waals surface area contributed by atoms with Crippen molar-refractivity contribution < 1.29 is 22.7 Å². The Balaban J connectivity index is 2.30. The lowest BCUT2D eigenvalue weighted by atomic mass is 10.1. The molecule has 0 spiro atoms. The molecule has 0 unspecified atom stereocenters. The molecule has 0 N–H and O–H groups in total. The van der Waals surface area contributed by atoms with Crippen LogP contribution < -0.4 is 0 Å². The van der Waals surface area contributed by atoms with Crippen molar-refractivity contribution in [3.63, 3.8) is 0 Å². The van der Waals surface area contributed by atoms with Crippen LogP contribution in [0.4, 0.5) is 0 Å². The monoisotopic (exact) mass is 416 g/mol. The van der Waals surface area contributed by atoms with Gasteiger partial charge in [0.15, 0.2) is 0 Å². The topological polar surface area (TPSA) is 69.7 Å². The Morgan fingerprint density at radius 2 is 1.95 bits per heavy atom. The van der Waals surface area contributed by atoms with Gasteiger partial charge in [0.1, 0.15) is 11.0 Å². The lowest BCUT2D eigenvalue weighted by Crippen LogP contribution is -2.26. The molecule has 0 bridgehead atoms. The van der Waals surface area contributed by atoms with Crippen molar-refractivity contribution >= 4 is 53.2 Å². The van der Waals surface area contributed by atoms with Gasteiger partial charge in [0.05, 0.1) is 23.8 Å². The number of esters is 1. The van der Waals surface area contributed by atoms with E-state index in [2.05, 4.69) is 15.9 Å². The summed E-state index contributed by atoms with van der Waals surface area (Å²) in [5, 5.41) is -0.245. The van der Waals surface area contributed by atoms with Crippen LogP contribution >= 0.6 is 38.2 Å². The molecule has 0 saturated carbocycles. The van der Waals surface area contributed by atoms with Gasteiger partial charge in [-0.1, -0.05) is 27.5 Å². The van der Waals surface area contributed by atoms with Gasteiger partial charge in [0.25, 0.3) is 9.05 Å². The average molecular weight is 418 g/mol. The predicted molar refractivity (Wildman–Crippen MR) is 81.4 cm³/mol. The second kappa shape index (κ2) is 6.83. The molecule has 0 aliphatic carbocycles. The number of hydrogen-bond acceptors (Lipinski definition) is 5. The molecule has 1 heterocycles. The minimum absolute atomic E-state index is 0.0447. The van der Waals surface area contributed by atoms with Crippen molar-refractivity contribution in [2.45, 2.75) is 23.8 Å². The van der Waals surface area contributed by atoms with Gasteiger partial charge < -0.3 is 9.47 Å². The average Bonchev–Trinajstić information content (AvgIpc) is 2.40. The number of rotatable bonds is 3. The maximum atomic E-state index is 12.2. The highest BCUT2D eigenvalue weighted by Crippen LogP contribution is 2.32. The third-order valence-corrected chi connectivity index (χ3v) is 5.25. The number of carbonyl (C=O) groups excluding carboxylic acids is 1. The normalized spacial score (nSPS) is 16.7. The molecule has 1 fully saturated rings. The quantitative estimate of drug-likeness (QED) is 0.557. The summed E-state index contributed by atoms with van der Waals surface area (Å²) in [4.78, 5) is 11.8. The molecule has 5 nitrogen and oxygen atoms in total. The van der Waals surface area contributed by atoms with Gasteiger partial charge >= 0.3 is 5.97 Å². The summed E-state index contributed by atoms with van der Waals surface area (Å²) in [6.07, 6.45) is 0.924. The van der Waals surface area contributed by atoms with Crippen LogP contribution in [0.3, 0.4) is 0 Å². The SMILES string of the molecule is O=C(OC1CCOCC1)c1cc(Br)cc(S(=O)(=O)Cl)c1Cl. The van der Waals surface area contributed by atoms with Crippen LogP contribution in [0.1, 0.15) is 23.2 Å². The molecule has 0 aromatic heterocycles. The molecule has 0 amide bonds. The highest BCUT2D eigenvalue weighted by Gasteiger charge is 2.25. The van der Waals surface area contributed by atoms with E-state index >= 15 is 0 Å². The van der Waals surface area contributed by atoms with E-state index in [0.717, 1.165) is 0 Å². The fourth-order valence-electron chi connectivity index (χ4n) is 1.90. The fraction of sp³-hybridized carbons (Fsp3) is 0.417. The Morgan fingerprint density at radius 3 is 2.52 bits per heavy atom. The molecule has 9 heteroatoms. The van der Waals surface area contributed by atoms with Gasteiger partial charge in [0, 0.05) is 28.0 Å². The van der Waals surface area contributed by atoms with Crippen LogP contribution in [0, 0.1) is 0 Å². The first-order chi connectivity index (χ1) is 9.79. The molecule has 1 saturated heterocycles. The molecule has 2 rings (SSSR count). The van der Waals surface area contributed by atoms with E-state index in [0.29, 0.717) is 30.5 Å². The molecule has 1 aromatic carbocycles. The Hall–Kier alpha value is -0.340. The molecule has 1 aliphatic heterocycles. The van der Waals surface area contributed by atoms with E-state index in [1.165, 1.54) is 12.1 Å². The first-order valence-electron chi connectivity index (χ1n) is 6.01. The summed E-state index contributed by atoms with van der Waals surface area (Å²) in [7, 11) is 1.24. The highest BCUT2D eigenvalue weighted by molar-refractivity contribution is 9.10. The van der Waals surface area contributed by atoms with Crippen molar-refractivity contribution in [3.8, 4) is 0 Å². The summed E-state index contributed by atoms with van der Waals surface area (Å²) in [5.74, 6) is -0.685. The molecular weight excluding hydrogens is 407 g/mol. The zero-order valence-electron chi connectivity index (χ0n) is 10.6. The van der Waals surface area contributed by atoms with Crippen molar-refractivity contribution in [2.24, 2.45) is 0 Å². The Kier molecular flexibility index (Phi) is 5.54. The van der Waals surface area contributed by atoms with Gasteiger partial charge in [-0.15, -0.1) is 0 Å². The van der Waals surface area contributed by atoms with Crippen LogP contribution in [0.5, 0.6) is 0 Å². The zero-order valence-corrected chi connectivity index (χ0v) is 14.6. The maximum Gasteiger partial charge on any atom is 0.340 e. The maximum absolute atomic E-state index is 12.2. The first-order valence-corrected chi connectivity index (χ1v) is 9.49. The molecule has 21 heavy (non-hydrogen) atoms. The van der Waals surface area contributed by atoms with Crippen molar-refractivity contribution in [3.05, 3.63) is 27.2 Å². The van der Waals surface area contributed by atoms with Crippen LogP contribution in [-0.2, 0) is 18.5 Å². The van der Waals surface area contributed by atoms with Gasteiger partial charge in [-0.3, -0.25) is 0 Å². The van der Waals surface area contributed by atoms with E-state index in [1.807, 2.05) is 0 Å². The number of carbonyl (C=O) groups is 1. The fourth-order valence-corrected chi connectivity index (χ4v) is 4.07. The minimum atomic E-state index is -4.06. The molecule has 0 atom stereocenters. The van der Waals surface area contributed by atoms with Gasteiger partial charge in [-0.25, -0.2) is 13.2 Å². The number of halogens is 3.